The molecule has 2 rings (SSSR count). The van der Waals surface area contributed by atoms with Crippen molar-refractivity contribution < 1.29 is 5.11 Å². The number of hydrogen-bond acceptors (Lipinski definition) is 2. The van der Waals surface area contributed by atoms with Gasteiger partial charge in [0.25, 0.3) is 0 Å². The number of phenolic OH excluding ortho intramolecular Hbond substituents is 1. The number of hydrogen-bond donors (Lipinski definition) is 1. The van der Waals surface area contributed by atoms with Crippen LogP contribution >= 0.6 is 11.8 Å². The largest absolute Gasteiger partial charge is 0.507 e. The standard InChI is InChI=1S/C10H12OS/c1-10(2,3)6-4-5-7(11)9-8(6)12-9/h4-5,11H,1-3H3. The van der Waals surface area contributed by atoms with Gasteiger partial charge in [-0.25, -0.2) is 0 Å². The number of benzene rings is 1. The molecule has 0 saturated heterocycles. The summed E-state index contributed by atoms with van der Waals surface area (Å²) >= 11 is 1.69. The zero-order valence-electron chi connectivity index (χ0n) is 7.51. The first-order chi connectivity index (χ1) is 5.50. The van der Waals surface area contributed by atoms with E-state index in [9.17, 15) is 5.11 Å². The molecule has 0 unspecified atom stereocenters. The minimum atomic E-state index is 0.196. The van der Waals surface area contributed by atoms with Crippen LogP contribution in [-0.2, 0) is 5.41 Å². The van der Waals surface area contributed by atoms with Crippen LogP contribution in [0.1, 0.15) is 26.3 Å². The third kappa shape index (κ3) is 1.11. The van der Waals surface area contributed by atoms with E-state index in [1.165, 1.54) is 10.5 Å². The van der Waals surface area contributed by atoms with Crippen molar-refractivity contribution in [1.29, 1.82) is 0 Å². The summed E-state index contributed by atoms with van der Waals surface area (Å²) in [6, 6.07) is 3.81. The predicted molar refractivity (Wildman–Crippen MR) is 50.9 cm³/mol. The van der Waals surface area contributed by atoms with E-state index in [4.69, 9.17) is 0 Å². The number of phenols is 1. The molecule has 0 aromatic heterocycles. The van der Waals surface area contributed by atoms with E-state index in [0.29, 0.717) is 5.75 Å². The van der Waals surface area contributed by atoms with Gasteiger partial charge >= 0.3 is 0 Å². The average Bonchev–Trinajstić information content (AvgIpc) is 2.64. The van der Waals surface area contributed by atoms with Crippen molar-refractivity contribution in [2.75, 3.05) is 0 Å². The molecule has 1 aliphatic heterocycles. The van der Waals surface area contributed by atoms with E-state index in [2.05, 4.69) is 20.8 Å². The molecule has 0 atom stereocenters. The second-order valence-corrected chi connectivity index (χ2v) is 5.16. The van der Waals surface area contributed by atoms with Crippen molar-refractivity contribution in [3.05, 3.63) is 17.7 Å². The molecule has 0 fully saturated rings. The van der Waals surface area contributed by atoms with Crippen LogP contribution in [0.3, 0.4) is 0 Å². The molecular weight excluding hydrogens is 168 g/mol. The lowest BCUT2D eigenvalue weighted by molar-refractivity contribution is 0.460. The van der Waals surface area contributed by atoms with Crippen molar-refractivity contribution in [3.8, 4) is 5.75 Å². The van der Waals surface area contributed by atoms with Crippen LogP contribution in [0, 0.1) is 0 Å². The molecule has 0 amide bonds. The summed E-state index contributed by atoms with van der Waals surface area (Å²) in [4.78, 5) is 2.35. The van der Waals surface area contributed by atoms with Crippen LogP contribution in [0.4, 0.5) is 0 Å². The Kier molecular flexibility index (Phi) is 1.46. The Labute approximate surface area is 76.8 Å². The SMILES string of the molecule is CC(C)(C)c1ccc(O)c2c1S2. The van der Waals surface area contributed by atoms with Gasteiger partial charge in [0.2, 0.25) is 0 Å². The Morgan fingerprint density at radius 2 is 1.83 bits per heavy atom. The Balaban J connectivity index is 2.52. The van der Waals surface area contributed by atoms with Crippen molar-refractivity contribution >= 4 is 11.8 Å². The van der Waals surface area contributed by atoms with Gasteiger partial charge in [-0.2, -0.15) is 0 Å². The maximum absolute atomic E-state index is 9.34. The van der Waals surface area contributed by atoms with Crippen LogP contribution in [0.15, 0.2) is 21.9 Å². The number of fused-ring (bicyclic) bond motifs is 1. The van der Waals surface area contributed by atoms with E-state index < -0.39 is 0 Å². The summed E-state index contributed by atoms with van der Waals surface area (Å²) in [7, 11) is 0. The minimum Gasteiger partial charge on any atom is -0.507 e. The van der Waals surface area contributed by atoms with E-state index in [-0.39, 0.29) is 5.41 Å². The third-order valence-corrected chi connectivity index (χ3v) is 3.10. The molecule has 1 aromatic carbocycles. The molecule has 0 aliphatic carbocycles. The van der Waals surface area contributed by atoms with Crippen molar-refractivity contribution in [1.82, 2.24) is 0 Å². The first kappa shape index (κ1) is 7.99. The average molecular weight is 180 g/mol. The maximum atomic E-state index is 9.34. The molecule has 1 N–H and O–H groups in total. The van der Waals surface area contributed by atoms with Crippen LogP contribution in [-0.4, -0.2) is 5.11 Å². The van der Waals surface area contributed by atoms with Gasteiger partial charge in [-0.15, -0.1) is 0 Å². The van der Waals surface area contributed by atoms with E-state index in [0.717, 1.165) is 4.90 Å². The smallest absolute Gasteiger partial charge is 0.130 e. The zero-order chi connectivity index (χ0) is 8.93. The molecule has 1 heterocycles. The Hall–Kier alpha value is -0.630. The van der Waals surface area contributed by atoms with Crippen molar-refractivity contribution in [2.45, 2.75) is 36.0 Å². The van der Waals surface area contributed by atoms with Gasteiger partial charge in [-0.3, -0.25) is 0 Å². The highest BCUT2D eigenvalue weighted by Crippen LogP contribution is 2.57. The lowest BCUT2D eigenvalue weighted by atomic mass is 9.87. The summed E-state index contributed by atoms with van der Waals surface area (Å²) in [5.74, 6) is 0.433. The predicted octanol–water partition coefficient (Wildman–Crippen LogP) is 3.15. The topological polar surface area (TPSA) is 20.2 Å². The molecule has 0 bridgehead atoms. The van der Waals surface area contributed by atoms with Crippen molar-refractivity contribution in [3.63, 3.8) is 0 Å². The lowest BCUT2D eigenvalue weighted by Gasteiger charge is -2.18. The molecule has 2 heteroatoms. The Morgan fingerprint density at radius 3 is 2.42 bits per heavy atom. The molecule has 0 radical (unpaired) electrons. The van der Waals surface area contributed by atoms with Gasteiger partial charge in [0.1, 0.15) is 5.75 Å². The summed E-state index contributed by atoms with van der Waals surface area (Å²) in [6.45, 7) is 6.58. The summed E-state index contributed by atoms with van der Waals surface area (Å²) < 4.78 is 0. The van der Waals surface area contributed by atoms with Gasteiger partial charge in [-0.1, -0.05) is 38.6 Å². The highest BCUT2D eigenvalue weighted by Gasteiger charge is 2.31. The van der Waals surface area contributed by atoms with E-state index >= 15 is 0 Å². The minimum absolute atomic E-state index is 0.196. The number of rotatable bonds is 0. The van der Waals surface area contributed by atoms with Gasteiger partial charge in [0.05, 0.1) is 4.90 Å². The van der Waals surface area contributed by atoms with Crippen LogP contribution in [0.2, 0.25) is 0 Å². The molecule has 1 aliphatic rings. The van der Waals surface area contributed by atoms with Gasteiger partial charge < -0.3 is 5.11 Å². The second-order valence-electron chi connectivity index (χ2n) is 4.14. The quantitative estimate of drug-likeness (QED) is 0.628. The molecule has 12 heavy (non-hydrogen) atoms. The van der Waals surface area contributed by atoms with Crippen LogP contribution < -0.4 is 0 Å². The Bertz CT molecular complexity index is 336. The number of aromatic hydroxyl groups is 1. The van der Waals surface area contributed by atoms with Gasteiger partial charge in [-0.05, 0) is 17.0 Å². The zero-order valence-corrected chi connectivity index (χ0v) is 8.33. The maximum Gasteiger partial charge on any atom is 0.130 e. The molecule has 0 saturated carbocycles. The lowest BCUT2D eigenvalue weighted by Crippen LogP contribution is -2.10. The van der Waals surface area contributed by atoms with Gasteiger partial charge in [0.15, 0.2) is 0 Å². The highest BCUT2D eigenvalue weighted by molar-refractivity contribution is 8.05. The molecule has 1 nitrogen and oxygen atoms in total. The molecule has 64 valence electrons. The first-order valence-corrected chi connectivity index (χ1v) is 4.86. The normalized spacial score (nSPS) is 14.2. The fourth-order valence-corrected chi connectivity index (χ4v) is 2.35. The fraction of sp³-hybridized carbons (Fsp3) is 0.400. The summed E-state index contributed by atoms with van der Waals surface area (Å²) in [6.07, 6.45) is 0. The summed E-state index contributed by atoms with van der Waals surface area (Å²) in [5.41, 5.74) is 1.54. The molecule has 1 aromatic rings. The highest BCUT2D eigenvalue weighted by atomic mass is 32.2. The van der Waals surface area contributed by atoms with Crippen LogP contribution in [0.25, 0.3) is 0 Å². The van der Waals surface area contributed by atoms with Crippen molar-refractivity contribution in [2.24, 2.45) is 0 Å². The monoisotopic (exact) mass is 180 g/mol. The third-order valence-electron chi connectivity index (χ3n) is 2.06. The molecular formula is C10H12OS. The second kappa shape index (κ2) is 2.19. The van der Waals surface area contributed by atoms with Gasteiger partial charge in [0, 0.05) is 4.90 Å². The summed E-state index contributed by atoms with van der Waals surface area (Å²) in [5, 5.41) is 9.34. The van der Waals surface area contributed by atoms with E-state index in [1.54, 1.807) is 17.8 Å². The Morgan fingerprint density at radius 1 is 1.17 bits per heavy atom. The van der Waals surface area contributed by atoms with E-state index in [1.807, 2.05) is 6.07 Å². The molecule has 0 spiro atoms. The van der Waals surface area contributed by atoms with Crippen LogP contribution in [0.5, 0.6) is 5.75 Å². The fourth-order valence-electron chi connectivity index (χ4n) is 1.33. The first-order valence-electron chi connectivity index (χ1n) is 4.04.